The number of para-hydroxylation sites is 1. The van der Waals surface area contributed by atoms with Crippen molar-refractivity contribution < 1.29 is 14.4 Å². The molecule has 1 aromatic carbocycles. The zero-order valence-corrected chi connectivity index (χ0v) is 14.9. The smallest absolute Gasteiger partial charge is 0.228 e. The van der Waals surface area contributed by atoms with Crippen molar-refractivity contribution in [2.75, 3.05) is 13.1 Å². The second kappa shape index (κ2) is 6.49. The van der Waals surface area contributed by atoms with E-state index in [-0.39, 0.29) is 18.4 Å². The van der Waals surface area contributed by atoms with E-state index >= 15 is 0 Å². The number of hydrogen-bond donors (Lipinski definition) is 1. The first-order valence-electron chi connectivity index (χ1n) is 9.47. The van der Waals surface area contributed by atoms with Gasteiger partial charge in [0.05, 0.1) is 18.6 Å². The van der Waals surface area contributed by atoms with Gasteiger partial charge in [-0.2, -0.15) is 5.10 Å². The molecule has 3 heterocycles. The fraction of sp³-hybridized carbons (Fsp3) is 0.450. The summed E-state index contributed by atoms with van der Waals surface area (Å²) in [5.74, 6) is 0.832. The summed E-state index contributed by atoms with van der Waals surface area (Å²) in [6.45, 7) is 1.45. The zero-order valence-electron chi connectivity index (χ0n) is 14.9. The Morgan fingerprint density at radius 1 is 1.19 bits per heavy atom. The van der Waals surface area contributed by atoms with E-state index in [0.29, 0.717) is 36.1 Å². The van der Waals surface area contributed by atoms with Crippen molar-refractivity contribution in [1.82, 2.24) is 19.8 Å². The van der Waals surface area contributed by atoms with Crippen molar-refractivity contribution in [3.63, 3.8) is 0 Å². The van der Waals surface area contributed by atoms with Crippen molar-refractivity contribution >= 4 is 16.9 Å². The molecule has 5 rings (SSSR count). The number of fused-ring (bicyclic) bond motifs is 2. The Labute approximate surface area is 156 Å². The molecule has 1 N–H and O–H groups in total. The van der Waals surface area contributed by atoms with Crippen LogP contribution in [0.2, 0.25) is 0 Å². The maximum atomic E-state index is 12.9. The first-order chi connectivity index (χ1) is 13.2. The van der Waals surface area contributed by atoms with Crippen LogP contribution in [0.15, 0.2) is 47.2 Å². The van der Waals surface area contributed by atoms with Crippen molar-refractivity contribution in [1.29, 1.82) is 0 Å². The first-order valence-corrected chi connectivity index (χ1v) is 9.47. The van der Waals surface area contributed by atoms with Gasteiger partial charge in [0.2, 0.25) is 5.91 Å². The average Bonchev–Trinajstić information content (AvgIpc) is 3.40. The third-order valence-corrected chi connectivity index (χ3v) is 6.10. The number of rotatable bonds is 3. The molecule has 7 nitrogen and oxygen atoms in total. The molecule has 1 saturated carbocycles. The van der Waals surface area contributed by atoms with Gasteiger partial charge in [0, 0.05) is 30.9 Å². The normalized spacial score (nSPS) is 27.8. The topological polar surface area (TPSA) is 84.4 Å². The SMILES string of the molecule is O=C(Cc1noc2ccccc12)N1C[C@H]2C[C@@H](n3cccn3)[C@H](O)C[C@H]2C1. The molecule has 1 amide bonds. The number of aromatic nitrogens is 3. The summed E-state index contributed by atoms with van der Waals surface area (Å²) >= 11 is 0. The number of carbonyl (C=O) groups is 1. The largest absolute Gasteiger partial charge is 0.391 e. The van der Waals surface area contributed by atoms with Crippen LogP contribution in [0.3, 0.4) is 0 Å². The minimum atomic E-state index is -0.416. The molecule has 1 aliphatic heterocycles. The van der Waals surface area contributed by atoms with Gasteiger partial charge < -0.3 is 14.5 Å². The summed E-state index contributed by atoms with van der Waals surface area (Å²) < 4.78 is 7.17. The molecule has 140 valence electrons. The fourth-order valence-electron chi connectivity index (χ4n) is 4.69. The number of likely N-dealkylation sites (tertiary alicyclic amines) is 1. The van der Waals surface area contributed by atoms with Gasteiger partial charge >= 0.3 is 0 Å². The Kier molecular flexibility index (Phi) is 3.97. The number of aliphatic hydroxyl groups excluding tert-OH is 1. The van der Waals surface area contributed by atoms with Gasteiger partial charge in [-0.15, -0.1) is 0 Å². The molecule has 0 spiro atoms. The molecule has 3 aromatic rings. The van der Waals surface area contributed by atoms with Crippen LogP contribution in [-0.4, -0.2) is 50.0 Å². The predicted octanol–water partition coefficient (Wildman–Crippen LogP) is 2.04. The first kappa shape index (κ1) is 16.5. The van der Waals surface area contributed by atoms with E-state index in [1.807, 2.05) is 46.1 Å². The van der Waals surface area contributed by atoms with Crippen LogP contribution >= 0.6 is 0 Å². The molecule has 1 aliphatic carbocycles. The predicted molar refractivity (Wildman–Crippen MR) is 97.8 cm³/mol. The highest BCUT2D eigenvalue weighted by atomic mass is 16.5. The van der Waals surface area contributed by atoms with Gasteiger partial charge in [-0.25, -0.2) is 0 Å². The Bertz CT molecular complexity index is 951. The van der Waals surface area contributed by atoms with Crippen molar-refractivity contribution in [3.05, 3.63) is 48.4 Å². The second-order valence-corrected chi connectivity index (χ2v) is 7.71. The Balaban J connectivity index is 1.28. The van der Waals surface area contributed by atoms with E-state index in [4.69, 9.17) is 4.52 Å². The van der Waals surface area contributed by atoms with E-state index in [0.717, 1.165) is 18.4 Å². The van der Waals surface area contributed by atoms with Crippen LogP contribution in [0.1, 0.15) is 24.6 Å². The van der Waals surface area contributed by atoms with Crippen LogP contribution in [0.5, 0.6) is 0 Å². The highest BCUT2D eigenvalue weighted by Gasteiger charge is 2.43. The lowest BCUT2D eigenvalue weighted by molar-refractivity contribution is -0.129. The van der Waals surface area contributed by atoms with Gasteiger partial charge in [0.15, 0.2) is 5.58 Å². The van der Waals surface area contributed by atoms with Crippen molar-refractivity contribution in [3.8, 4) is 0 Å². The van der Waals surface area contributed by atoms with Crippen molar-refractivity contribution in [2.24, 2.45) is 11.8 Å². The summed E-state index contributed by atoms with van der Waals surface area (Å²) in [5.41, 5.74) is 1.40. The molecule has 2 fully saturated rings. The Morgan fingerprint density at radius 2 is 2.00 bits per heavy atom. The minimum Gasteiger partial charge on any atom is -0.391 e. The van der Waals surface area contributed by atoms with E-state index in [9.17, 15) is 9.90 Å². The van der Waals surface area contributed by atoms with Crippen LogP contribution in [0.25, 0.3) is 11.0 Å². The molecule has 2 aromatic heterocycles. The van der Waals surface area contributed by atoms with Crippen LogP contribution in [0.4, 0.5) is 0 Å². The molecular formula is C20H22N4O3. The highest BCUT2D eigenvalue weighted by Crippen LogP contribution is 2.41. The summed E-state index contributed by atoms with van der Waals surface area (Å²) in [6.07, 6.45) is 5.05. The van der Waals surface area contributed by atoms with Gasteiger partial charge in [0.25, 0.3) is 0 Å². The fourth-order valence-corrected chi connectivity index (χ4v) is 4.69. The molecule has 0 bridgehead atoms. The summed E-state index contributed by atoms with van der Waals surface area (Å²) in [7, 11) is 0. The lowest BCUT2D eigenvalue weighted by Gasteiger charge is -2.35. The molecular weight excluding hydrogens is 344 g/mol. The lowest BCUT2D eigenvalue weighted by Crippen LogP contribution is -2.36. The standard InChI is InChI=1S/C20H22N4O3/c25-18-9-14-12-23(11-13(14)8-17(18)24-7-3-6-21-24)20(26)10-16-15-4-1-2-5-19(15)27-22-16/h1-7,13-14,17-18,25H,8-12H2/t13-,14+,17-,18-/m1/s1. The van der Waals surface area contributed by atoms with Crippen LogP contribution < -0.4 is 0 Å². The highest BCUT2D eigenvalue weighted by molar-refractivity contribution is 5.86. The number of amides is 1. The molecule has 0 unspecified atom stereocenters. The van der Waals surface area contributed by atoms with E-state index in [1.165, 1.54) is 0 Å². The van der Waals surface area contributed by atoms with E-state index in [2.05, 4.69) is 10.3 Å². The summed E-state index contributed by atoms with van der Waals surface area (Å²) in [5, 5.41) is 19.8. The molecule has 0 radical (unpaired) electrons. The van der Waals surface area contributed by atoms with Crippen LogP contribution in [0, 0.1) is 11.8 Å². The Hall–Kier alpha value is -2.67. The number of hydrogen-bond acceptors (Lipinski definition) is 5. The molecule has 4 atom stereocenters. The van der Waals surface area contributed by atoms with Gasteiger partial charge in [-0.3, -0.25) is 9.48 Å². The molecule has 27 heavy (non-hydrogen) atoms. The monoisotopic (exact) mass is 366 g/mol. The van der Waals surface area contributed by atoms with Gasteiger partial charge in [0.1, 0.15) is 5.69 Å². The maximum absolute atomic E-state index is 12.9. The maximum Gasteiger partial charge on any atom is 0.228 e. The third kappa shape index (κ3) is 2.92. The minimum absolute atomic E-state index is 0.00390. The van der Waals surface area contributed by atoms with Gasteiger partial charge in [-0.05, 0) is 42.9 Å². The quantitative estimate of drug-likeness (QED) is 0.767. The number of benzene rings is 1. The van der Waals surface area contributed by atoms with Crippen molar-refractivity contribution in [2.45, 2.75) is 31.4 Å². The van der Waals surface area contributed by atoms with Gasteiger partial charge in [-0.1, -0.05) is 17.3 Å². The van der Waals surface area contributed by atoms with Crippen LogP contribution in [-0.2, 0) is 11.2 Å². The Morgan fingerprint density at radius 3 is 2.81 bits per heavy atom. The molecule has 1 saturated heterocycles. The number of carbonyl (C=O) groups excluding carboxylic acids is 1. The van der Waals surface area contributed by atoms with E-state index in [1.54, 1.807) is 6.20 Å². The third-order valence-electron chi connectivity index (χ3n) is 6.10. The molecule has 2 aliphatic rings. The molecule has 7 heteroatoms. The zero-order chi connectivity index (χ0) is 18.4. The lowest BCUT2D eigenvalue weighted by atomic mass is 9.77. The number of aliphatic hydroxyl groups is 1. The second-order valence-electron chi connectivity index (χ2n) is 7.71. The number of nitrogens with zero attached hydrogens (tertiary/aromatic N) is 4. The average molecular weight is 366 g/mol. The summed E-state index contributed by atoms with van der Waals surface area (Å²) in [6, 6.07) is 9.49. The summed E-state index contributed by atoms with van der Waals surface area (Å²) in [4.78, 5) is 14.8. The van der Waals surface area contributed by atoms with E-state index < -0.39 is 6.10 Å².